The van der Waals surface area contributed by atoms with Crippen LogP contribution in [0, 0.1) is 13.8 Å². The van der Waals surface area contributed by atoms with E-state index in [4.69, 9.17) is 13.9 Å². The number of hydrogen-bond donors (Lipinski definition) is 1. The van der Waals surface area contributed by atoms with Crippen LogP contribution in [0.1, 0.15) is 64.9 Å². The number of rotatable bonds is 6. The van der Waals surface area contributed by atoms with Crippen molar-refractivity contribution in [3.05, 3.63) is 58.7 Å². The van der Waals surface area contributed by atoms with Gasteiger partial charge in [-0.15, -0.1) is 10.2 Å². The number of nitrogens with one attached hydrogen (secondary N) is 1. The molecular weight excluding hydrogens is 374 g/mol. The van der Waals surface area contributed by atoms with Gasteiger partial charge in [-0.1, -0.05) is 18.2 Å². The molecule has 0 spiro atoms. The van der Waals surface area contributed by atoms with Crippen LogP contribution in [0.5, 0.6) is 0 Å². The molecule has 1 N–H and O–H groups in total. The molecule has 0 bridgehead atoms. The third-order valence-corrected chi connectivity index (χ3v) is 4.28. The molecule has 8 nitrogen and oxygen atoms in total. The van der Waals surface area contributed by atoms with Gasteiger partial charge in [-0.25, -0.2) is 9.59 Å². The molecule has 0 saturated heterocycles. The number of aryl methyl sites for hydroxylation is 1. The van der Waals surface area contributed by atoms with Crippen molar-refractivity contribution in [2.24, 2.45) is 0 Å². The average molecular weight is 397 g/mol. The van der Waals surface area contributed by atoms with E-state index in [9.17, 15) is 9.59 Å². The molecule has 3 rings (SSSR count). The van der Waals surface area contributed by atoms with Crippen LogP contribution in [-0.2, 0) is 9.47 Å². The van der Waals surface area contributed by atoms with E-state index in [2.05, 4.69) is 15.2 Å². The van der Waals surface area contributed by atoms with Crippen molar-refractivity contribution in [1.29, 1.82) is 0 Å². The fraction of sp³-hybridized carbons (Fsp3) is 0.333. The van der Waals surface area contributed by atoms with Gasteiger partial charge in [-0.2, -0.15) is 0 Å². The number of nitrogens with zero attached hydrogens (tertiary/aromatic N) is 2. The zero-order valence-electron chi connectivity index (χ0n) is 17.0. The lowest BCUT2D eigenvalue weighted by atomic mass is 10.1. The van der Waals surface area contributed by atoms with Crippen molar-refractivity contribution in [1.82, 2.24) is 15.2 Å². The van der Waals surface area contributed by atoms with E-state index in [0.717, 1.165) is 5.56 Å². The zero-order chi connectivity index (χ0) is 21.1. The highest BCUT2D eigenvalue weighted by Crippen LogP contribution is 2.25. The first-order chi connectivity index (χ1) is 13.8. The van der Waals surface area contributed by atoms with E-state index in [-0.39, 0.29) is 17.7 Å². The molecule has 0 radical (unpaired) electrons. The minimum absolute atomic E-state index is 0.178. The van der Waals surface area contributed by atoms with Crippen LogP contribution in [0.3, 0.4) is 0 Å². The molecule has 29 heavy (non-hydrogen) atoms. The lowest BCUT2D eigenvalue weighted by Crippen LogP contribution is -2.14. The van der Waals surface area contributed by atoms with Gasteiger partial charge < -0.3 is 18.9 Å². The summed E-state index contributed by atoms with van der Waals surface area (Å²) in [7, 11) is 0. The molecular formula is C21H23N3O5. The van der Waals surface area contributed by atoms with Gasteiger partial charge in [0, 0.05) is 11.3 Å². The summed E-state index contributed by atoms with van der Waals surface area (Å²) >= 11 is 0. The van der Waals surface area contributed by atoms with E-state index >= 15 is 0 Å². The number of esters is 2. The number of benzene rings is 1. The highest BCUT2D eigenvalue weighted by Gasteiger charge is 2.27. The van der Waals surface area contributed by atoms with Crippen LogP contribution < -0.4 is 0 Å². The Morgan fingerprint density at radius 1 is 1.00 bits per heavy atom. The van der Waals surface area contributed by atoms with E-state index < -0.39 is 18.0 Å². The second-order valence-electron chi connectivity index (χ2n) is 6.94. The third kappa shape index (κ3) is 4.37. The molecule has 2 aromatic heterocycles. The lowest BCUT2D eigenvalue weighted by molar-refractivity contribution is 0.0272. The number of H-pyrrole nitrogens is 1. The first kappa shape index (κ1) is 20.3. The predicted octanol–water partition coefficient (Wildman–Crippen LogP) is 4.16. The molecule has 0 aliphatic rings. The smallest absolute Gasteiger partial charge is 0.355 e. The summed E-state index contributed by atoms with van der Waals surface area (Å²) in [5.74, 6) is -0.587. The maximum absolute atomic E-state index is 12.6. The molecule has 152 valence electrons. The summed E-state index contributed by atoms with van der Waals surface area (Å²) in [6.07, 6.45) is -1.02. The van der Waals surface area contributed by atoms with Gasteiger partial charge in [0.1, 0.15) is 5.69 Å². The van der Waals surface area contributed by atoms with Gasteiger partial charge in [0.2, 0.25) is 5.89 Å². The molecule has 0 amide bonds. The Morgan fingerprint density at radius 2 is 1.69 bits per heavy atom. The van der Waals surface area contributed by atoms with Crippen LogP contribution in [0.25, 0.3) is 11.5 Å². The Morgan fingerprint density at radius 3 is 2.34 bits per heavy atom. The summed E-state index contributed by atoms with van der Waals surface area (Å²) in [6.45, 7) is 8.54. The van der Waals surface area contributed by atoms with Gasteiger partial charge in [0.05, 0.1) is 11.7 Å². The van der Waals surface area contributed by atoms with Crippen LogP contribution in [-0.4, -0.2) is 33.2 Å². The van der Waals surface area contributed by atoms with Gasteiger partial charge in [-0.05, 0) is 52.3 Å². The van der Waals surface area contributed by atoms with E-state index in [1.807, 2.05) is 30.3 Å². The summed E-state index contributed by atoms with van der Waals surface area (Å²) in [5, 5.41) is 7.96. The normalized spacial score (nSPS) is 12.1. The maximum atomic E-state index is 12.6. The Kier molecular flexibility index (Phi) is 5.81. The minimum atomic E-state index is -0.762. The quantitative estimate of drug-likeness (QED) is 0.622. The number of carbonyl (C=O) groups is 2. The monoisotopic (exact) mass is 397 g/mol. The second-order valence-corrected chi connectivity index (χ2v) is 6.94. The molecule has 0 aliphatic heterocycles. The number of aromatic amines is 1. The van der Waals surface area contributed by atoms with Crippen LogP contribution >= 0.6 is 0 Å². The van der Waals surface area contributed by atoms with Crippen molar-refractivity contribution in [2.75, 3.05) is 0 Å². The fourth-order valence-electron chi connectivity index (χ4n) is 2.90. The van der Waals surface area contributed by atoms with Crippen molar-refractivity contribution in [3.8, 4) is 11.5 Å². The Bertz CT molecular complexity index is 1020. The van der Waals surface area contributed by atoms with Crippen LogP contribution in [0.2, 0.25) is 0 Å². The Hall–Kier alpha value is -3.42. The fourth-order valence-corrected chi connectivity index (χ4v) is 2.90. The van der Waals surface area contributed by atoms with Gasteiger partial charge in [0.15, 0.2) is 6.10 Å². The van der Waals surface area contributed by atoms with Crippen LogP contribution in [0.15, 0.2) is 34.7 Å². The van der Waals surface area contributed by atoms with Crippen molar-refractivity contribution in [2.45, 2.75) is 46.8 Å². The Balaban J connectivity index is 1.75. The average Bonchev–Trinajstić information content (AvgIpc) is 3.27. The number of carbonyl (C=O) groups excluding carboxylic acids is 2. The topological polar surface area (TPSA) is 107 Å². The molecule has 0 fully saturated rings. The molecule has 0 unspecified atom stereocenters. The standard InChI is InChI=1S/C21H23N3O5/c1-11(2)27-20(25)16-12(3)17(22-13(16)4)21(26)28-14(5)18-23-24-19(29-18)15-9-7-6-8-10-15/h6-11,14,22H,1-5H3/t14-/m1/s1. The Labute approximate surface area is 168 Å². The molecule has 0 aliphatic carbocycles. The van der Waals surface area contributed by atoms with E-state index in [1.54, 1.807) is 34.6 Å². The molecule has 1 aromatic carbocycles. The van der Waals surface area contributed by atoms with E-state index in [0.29, 0.717) is 22.7 Å². The van der Waals surface area contributed by atoms with Crippen molar-refractivity contribution >= 4 is 11.9 Å². The largest absolute Gasteiger partial charge is 0.459 e. The van der Waals surface area contributed by atoms with E-state index in [1.165, 1.54) is 0 Å². The molecule has 2 heterocycles. The van der Waals surface area contributed by atoms with Gasteiger partial charge >= 0.3 is 11.9 Å². The highest BCUT2D eigenvalue weighted by atomic mass is 16.6. The molecule has 8 heteroatoms. The molecule has 3 aromatic rings. The van der Waals surface area contributed by atoms with Crippen molar-refractivity contribution < 1.29 is 23.5 Å². The number of ether oxygens (including phenoxy) is 2. The minimum Gasteiger partial charge on any atom is -0.459 e. The second kappa shape index (κ2) is 8.30. The molecule has 0 saturated carbocycles. The highest BCUT2D eigenvalue weighted by molar-refractivity contribution is 5.98. The zero-order valence-corrected chi connectivity index (χ0v) is 17.0. The number of hydrogen-bond acceptors (Lipinski definition) is 7. The SMILES string of the molecule is Cc1[nH]c(C(=O)O[C@H](C)c2nnc(-c3ccccc3)o2)c(C)c1C(=O)OC(C)C. The van der Waals surface area contributed by atoms with Crippen molar-refractivity contribution in [3.63, 3.8) is 0 Å². The lowest BCUT2D eigenvalue weighted by Gasteiger charge is -2.10. The molecule has 1 atom stereocenters. The predicted molar refractivity (Wildman–Crippen MR) is 104 cm³/mol. The van der Waals surface area contributed by atoms with Crippen LogP contribution in [0.4, 0.5) is 0 Å². The first-order valence-electron chi connectivity index (χ1n) is 9.27. The van der Waals surface area contributed by atoms with Gasteiger partial charge in [0.25, 0.3) is 5.89 Å². The summed E-state index contributed by atoms with van der Waals surface area (Å²) in [5.41, 5.74) is 2.31. The summed E-state index contributed by atoms with van der Waals surface area (Å²) in [4.78, 5) is 27.8. The summed E-state index contributed by atoms with van der Waals surface area (Å²) < 4.78 is 16.3. The third-order valence-electron chi connectivity index (χ3n) is 4.28. The maximum Gasteiger partial charge on any atom is 0.355 e. The first-order valence-corrected chi connectivity index (χ1v) is 9.27. The number of aromatic nitrogens is 3. The summed E-state index contributed by atoms with van der Waals surface area (Å²) in [6, 6.07) is 9.30. The van der Waals surface area contributed by atoms with Gasteiger partial charge in [-0.3, -0.25) is 0 Å².